The summed E-state index contributed by atoms with van der Waals surface area (Å²) in [7, 11) is 1.45. The van der Waals surface area contributed by atoms with Crippen molar-refractivity contribution < 1.29 is 9.53 Å². The van der Waals surface area contributed by atoms with Crippen LogP contribution in [-0.4, -0.2) is 13.1 Å². The van der Waals surface area contributed by atoms with Crippen LogP contribution < -0.4 is 0 Å². The van der Waals surface area contributed by atoms with E-state index < -0.39 is 0 Å². The molecule has 0 atom stereocenters. The molecule has 0 radical (unpaired) electrons. The molecule has 0 fully saturated rings. The molecule has 21 heavy (non-hydrogen) atoms. The van der Waals surface area contributed by atoms with Crippen molar-refractivity contribution in [3.63, 3.8) is 0 Å². The standard InChI is InChI=1S/C19H22O2/c1-12-6-8-14(3)16(10-12)18(19(20)21-5)17-11-13(2)7-9-15(17)4/h6-11,18H,1-5H3. The average Bonchev–Trinajstić information content (AvgIpc) is 2.46. The molecule has 2 nitrogen and oxygen atoms in total. The zero-order valence-corrected chi connectivity index (χ0v) is 13.4. The van der Waals surface area contributed by atoms with Gasteiger partial charge in [0.05, 0.1) is 7.11 Å². The Hall–Kier alpha value is -2.09. The van der Waals surface area contributed by atoms with Gasteiger partial charge in [0.1, 0.15) is 5.92 Å². The Balaban J connectivity index is 2.66. The van der Waals surface area contributed by atoms with E-state index >= 15 is 0 Å². The van der Waals surface area contributed by atoms with Gasteiger partial charge in [-0.25, -0.2) is 0 Å². The highest BCUT2D eigenvalue weighted by molar-refractivity contribution is 5.83. The van der Waals surface area contributed by atoms with Crippen molar-refractivity contribution in [3.8, 4) is 0 Å². The molecular formula is C19H22O2. The first-order valence-electron chi connectivity index (χ1n) is 7.16. The second kappa shape index (κ2) is 6.13. The summed E-state index contributed by atoms with van der Waals surface area (Å²) in [6.45, 7) is 8.16. The summed E-state index contributed by atoms with van der Waals surface area (Å²) in [5.74, 6) is -0.577. The Morgan fingerprint density at radius 3 is 1.67 bits per heavy atom. The maximum Gasteiger partial charge on any atom is 0.317 e. The molecule has 110 valence electrons. The molecule has 2 aromatic carbocycles. The Morgan fingerprint density at radius 1 is 0.857 bits per heavy atom. The minimum absolute atomic E-state index is 0.211. The van der Waals surface area contributed by atoms with Crippen LogP contribution in [0.4, 0.5) is 0 Å². The third-order valence-electron chi connectivity index (χ3n) is 3.93. The molecule has 0 aliphatic heterocycles. The van der Waals surface area contributed by atoms with Gasteiger partial charge in [-0.3, -0.25) is 4.79 Å². The maximum absolute atomic E-state index is 12.4. The molecule has 0 heterocycles. The van der Waals surface area contributed by atoms with Crippen LogP contribution in [0.3, 0.4) is 0 Å². The van der Waals surface area contributed by atoms with Crippen LogP contribution in [0, 0.1) is 27.7 Å². The van der Waals surface area contributed by atoms with Crippen LogP contribution in [0.25, 0.3) is 0 Å². The number of hydrogen-bond acceptors (Lipinski definition) is 2. The summed E-state index contributed by atoms with van der Waals surface area (Å²) in [5.41, 5.74) is 6.56. The Morgan fingerprint density at radius 2 is 1.29 bits per heavy atom. The van der Waals surface area contributed by atoms with E-state index in [2.05, 4.69) is 36.4 Å². The number of carbonyl (C=O) groups excluding carboxylic acids is 1. The number of carbonyl (C=O) groups is 1. The summed E-state index contributed by atoms with van der Waals surface area (Å²) in [5, 5.41) is 0. The molecule has 2 heteroatoms. The molecule has 0 N–H and O–H groups in total. The molecule has 0 saturated carbocycles. The number of hydrogen-bond donors (Lipinski definition) is 0. The van der Waals surface area contributed by atoms with Crippen molar-refractivity contribution >= 4 is 5.97 Å². The third-order valence-corrected chi connectivity index (χ3v) is 3.93. The second-order valence-electron chi connectivity index (χ2n) is 5.68. The van der Waals surface area contributed by atoms with E-state index in [-0.39, 0.29) is 11.9 Å². The summed E-state index contributed by atoms with van der Waals surface area (Å²) in [6.07, 6.45) is 0. The minimum Gasteiger partial charge on any atom is -0.468 e. The highest BCUT2D eigenvalue weighted by atomic mass is 16.5. The summed E-state index contributed by atoms with van der Waals surface area (Å²) < 4.78 is 5.07. The van der Waals surface area contributed by atoms with Crippen LogP contribution in [0.2, 0.25) is 0 Å². The van der Waals surface area contributed by atoms with Gasteiger partial charge in [0.15, 0.2) is 0 Å². The first kappa shape index (κ1) is 15.3. The van der Waals surface area contributed by atoms with Gasteiger partial charge in [-0.15, -0.1) is 0 Å². The number of aryl methyl sites for hydroxylation is 4. The molecule has 0 aliphatic rings. The Labute approximate surface area is 126 Å². The second-order valence-corrected chi connectivity index (χ2v) is 5.68. The summed E-state index contributed by atoms with van der Waals surface area (Å²) in [4.78, 5) is 12.4. The number of ether oxygens (including phenoxy) is 1. The predicted octanol–water partition coefficient (Wildman–Crippen LogP) is 4.23. The molecule has 2 rings (SSSR count). The monoisotopic (exact) mass is 282 g/mol. The SMILES string of the molecule is COC(=O)C(c1cc(C)ccc1C)c1cc(C)ccc1C. The van der Waals surface area contributed by atoms with Crippen molar-refractivity contribution in [2.45, 2.75) is 33.6 Å². The van der Waals surface area contributed by atoms with Gasteiger partial charge in [0, 0.05) is 0 Å². The van der Waals surface area contributed by atoms with Gasteiger partial charge in [-0.05, 0) is 49.9 Å². The fourth-order valence-electron chi connectivity index (χ4n) is 2.68. The van der Waals surface area contributed by atoms with Crippen LogP contribution in [0.15, 0.2) is 36.4 Å². The fraction of sp³-hybridized carbons (Fsp3) is 0.316. The molecule has 0 amide bonds. The van der Waals surface area contributed by atoms with E-state index in [1.807, 2.05) is 27.7 Å². The molecule has 0 aliphatic carbocycles. The first-order valence-corrected chi connectivity index (χ1v) is 7.16. The lowest BCUT2D eigenvalue weighted by atomic mass is 9.85. The lowest BCUT2D eigenvalue weighted by Crippen LogP contribution is -2.18. The molecule has 0 saturated heterocycles. The largest absolute Gasteiger partial charge is 0.468 e. The van der Waals surface area contributed by atoms with Crippen LogP contribution >= 0.6 is 0 Å². The molecule has 0 unspecified atom stereocenters. The Kier molecular flexibility index (Phi) is 4.46. The van der Waals surface area contributed by atoms with E-state index in [1.54, 1.807) is 0 Å². The topological polar surface area (TPSA) is 26.3 Å². The van der Waals surface area contributed by atoms with Gasteiger partial charge >= 0.3 is 5.97 Å². The molecule has 2 aromatic rings. The van der Waals surface area contributed by atoms with E-state index in [4.69, 9.17) is 4.74 Å². The number of esters is 1. The van der Waals surface area contributed by atoms with Crippen LogP contribution in [0.1, 0.15) is 39.3 Å². The fourth-order valence-corrected chi connectivity index (χ4v) is 2.68. The van der Waals surface area contributed by atoms with Crippen LogP contribution in [0.5, 0.6) is 0 Å². The van der Waals surface area contributed by atoms with Crippen molar-refractivity contribution in [2.24, 2.45) is 0 Å². The van der Waals surface area contributed by atoms with Crippen molar-refractivity contribution in [1.82, 2.24) is 0 Å². The van der Waals surface area contributed by atoms with Gasteiger partial charge in [-0.1, -0.05) is 47.5 Å². The summed E-state index contributed by atoms with van der Waals surface area (Å²) >= 11 is 0. The first-order chi connectivity index (χ1) is 9.93. The normalized spacial score (nSPS) is 10.8. The summed E-state index contributed by atoms with van der Waals surface area (Å²) in [6, 6.07) is 12.4. The lowest BCUT2D eigenvalue weighted by Gasteiger charge is -2.20. The molecule has 0 bridgehead atoms. The van der Waals surface area contributed by atoms with Gasteiger partial charge in [-0.2, -0.15) is 0 Å². The van der Waals surface area contributed by atoms with E-state index in [0.717, 1.165) is 33.4 Å². The zero-order valence-electron chi connectivity index (χ0n) is 13.4. The molecule has 0 aromatic heterocycles. The van der Waals surface area contributed by atoms with Crippen LogP contribution in [-0.2, 0) is 9.53 Å². The Bertz CT molecular complexity index is 620. The van der Waals surface area contributed by atoms with E-state index in [9.17, 15) is 4.79 Å². The quantitative estimate of drug-likeness (QED) is 0.788. The minimum atomic E-state index is -0.366. The zero-order chi connectivity index (χ0) is 15.6. The van der Waals surface area contributed by atoms with Gasteiger partial charge in [0.2, 0.25) is 0 Å². The van der Waals surface area contributed by atoms with Gasteiger partial charge in [0.25, 0.3) is 0 Å². The smallest absolute Gasteiger partial charge is 0.317 e. The third kappa shape index (κ3) is 3.15. The maximum atomic E-state index is 12.4. The predicted molar refractivity (Wildman–Crippen MR) is 85.7 cm³/mol. The number of rotatable bonds is 3. The molecular weight excluding hydrogens is 260 g/mol. The average molecular weight is 282 g/mol. The number of methoxy groups -OCH3 is 1. The highest BCUT2D eigenvalue weighted by Gasteiger charge is 2.26. The number of benzene rings is 2. The van der Waals surface area contributed by atoms with Crippen molar-refractivity contribution in [2.75, 3.05) is 7.11 Å². The van der Waals surface area contributed by atoms with Crippen molar-refractivity contribution in [1.29, 1.82) is 0 Å². The lowest BCUT2D eigenvalue weighted by molar-refractivity contribution is -0.141. The van der Waals surface area contributed by atoms with Gasteiger partial charge < -0.3 is 4.74 Å². The highest BCUT2D eigenvalue weighted by Crippen LogP contribution is 2.31. The molecule has 0 spiro atoms. The van der Waals surface area contributed by atoms with E-state index in [1.165, 1.54) is 7.11 Å². The van der Waals surface area contributed by atoms with E-state index in [0.29, 0.717) is 0 Å². The van der Waals surface area contributed by atoms with Crippen molar-refractivity contribution in [3.05, 3.63) is 69.8 Å².